The van der Waals surface area contributed by atoms with Gasteiger partial charge in [-0.25, -0.2) is 12.2 Å². The molecule has 0 saturated carbocycles. The molecule has 5 aromatic carbocycles. The van der Waals surface area contributed by atoms with E-state index in [9.17, 15) is 0 Å². The molecule has 0 aliphatic heterocycles. The largest absolute Gasteiger partial charge is 0.147 e. The molecule has 0 unspecified atom stereocenters. The van der Waals surface area contributed by atoms with Crippen LogP contribution < -0.4 is 0 Å². The molecule has 2 heteroatoms. The third-order valence-electron chi connectivity index (χ3n) is 7.36. The zero-order valence-electron chi connectivity index (χ0n) is 27.5. The van der Waals surface area contributed by atoms with E-state index < -0.39 is 0 Å². The van der Waals surface area contributed by atoms with Gasteiger partial charge in [0.05, 0.1) is 0 Å². The maximum atomic E-state index is 5.52. The molecule has 0 heterocycles. The predicted molar refractivity (Wildman–Crippen MR) is 193 cm³/mol. The molecule has 230 valence electrons. The molecular formula is C43H43ClZr-4. The molecular weight excluding hydrogens is 643 g/mol. The molecule has 0 radical (unpaired) electrons. The molecule has 0 atom stereocenters. The predicted octanol–water partition coefficient (Wildman–Crippen LogP) is 11.7. The van der Waals surface area contributed by atoms with Crippen LogP contribution in [0.1, 0.15) is 70.2 Å². The van der Waals surface area contributed by atoms with E-state index in [1.165, 1.54) is 68.4 Å². The molecule has 0 nitrogen and oxygen atoms in total. The first-order valence-corrected chi connectivity index (χ1v) is 17.4. The van der Waals surface area contributed by atoms with E-state index in [2.05, 4.69) is 125 Å². The van der Waals surface area contributed by atoms with E-state index in [4.69, 9.17) is 11.6 Å². The molecule has 0 bridgehead atoms. The van der Waals surface area contributed by atoms with Crippen LogP contribution in [0, 0.1) is 24.3 Å². The zero-order chi connectivity index (χ0) is 32.9. The SMILES string of the molecule is CC(C)(C)c1c[c-]c2c(c1)-c1cc(C(C)(C)C)ccc1C2.Clc1cc[c-]cc1.[C-]1=CC=CC1.[CH2]=[Zr].[c-]1cccc2ccccc12. The quantitative estimate of drug-likeness (QED) is 0.140. The molecule has 0 spiro atoms. The van der Waals surface area contributed by atoms with Crippen LogP contribution in [0.3, 0.4) is 0 Å². The second kappa shape index (κ2) is 17.5. The Bertz CT molecular complexity index is 1560. The third-order valence-corrected chi connectivity index (χ3v) is 7.61. The monoisotopic (exact) mass is 684 g/mol. The van der Waals surface area contributed by atoms with E-state index in [-0.39, 0.29) is 10.8 Å². The van der Waals surface area contributed by atoms with Crippen LogP contribution in [0.15, 0.2) is 115 Å². The minimum atomic E-state index is 0.177. The van der Waals surface area contributed by atoms with Gasteiger partial charge in [-0.05, 0) is 17.4 Å². The summed E-state index contributed by atoms with van der Waals surface area (Å²) in [5, 5.41) is 3.20. The van der Waals surface area contributed by atoms with Gasteiger partial charge in [-0.1, -0.05) is 93.4 Å². The minimum absolute atomic E-state index is 0.177. The topological polar surface area (TPSA) is 0 Å². The van der Waals surface area contributed by atoms with Gasteiger partial charge in [0.15, 0.2) is 0 Å². The maximum Gasteiger partial charge on any atom is -0.0801 e. The van der Waals surface area contributed by atoms with Crippen molar-refractivity contribution in [3.8, 4) is 11.1 Å². The fourth-order valence-corrected chi connectivity index (χ4v) is 4.88. The minimum Gasteiger partial charge on any atom is -0.147 e. The Labute approximate surface area is 292 Å². The van der Waals surface area contributed by atoms with Crippen molar-refractivity contribution in [3.63, 3.8) is 0 Å². The molecule has 0 aromatic heterocycles. The first-order chi connectivity index (χ1) is 21.5. The Morgan fingerprint density at radius 3 is 1.96 bits per heavy atom. The molecule has 0 N–H and O–H groups in total. The number of halogens is 1. The number of fused-ring (bicyclic) bond motifs is 4. The van der Waals surface area contributed by atoms with Crippen molar-refractivity contribution >= 4 is 26.6 Å². The Hall–Kier alpha value is -3.12. The van der Waals surface area contributed by atoms with Crippen LogP contribution in [-0.2, 0) is 41.5 Å². The number of hydrogen-bond acceptors (Lipinski definition) is 0. The summed E-state index contributed by atoms with van der Waals surface area (Å²) < 4.78 is 3.34. The summed E-state index contributed by atoms with van der Waals surface area (Å²) in [7, 11) is 0. The summed E-state index contributed by atoms with van der Waals surface area (Å²) in [6.45, 7) is 13.6. The Kier molecular flexibility index (Phi) is 14.2. The molecule has 2 aliphatic carbocycles. The Morgan fingerprint density at radius 2 is 1.40 bits per heavy atom. The molecule has 7 rings (SSSR count). The molecule has 0 saturated heterocycles. The summed E-state index contributed by atoms with van der Waals surface area (Å²) in [5.74, 6) is 0. The van der Waals surface area contributed by atoms with E-state index in [1.54, 1.807) is 24.3 Å². The van der Waals surface area contributed by atoms with Gasteiger partial charge in [0.25, 0.3) is 0 Å². The number of hydrogen-bond donors (Lipinski definition) is 0. The molecule has 5 aromatic rings. The molecule has 2 aliphatic rings. The van der Waals surface area contributed by atoms with Crippen LogP contribution in [0.25, 0.3) is 21.9 Å². The van der Waals surface area contributed by atoms with Gasteiger partial charge in [-0.15, -0.1) is 70.8 Å². The van der Waals surface area contributed by atoms with E-state index in [1.807, 2.05) is 36.4 Å². The Morgan fingerprint density at radius 1 is 0.733 bits per heavy atom. The van der Waals surface area contributed by atoms with E-state index in [0.717, 1.165) is 17.9 Å². The number of allylic oxidation sites excluding steroid dienone is 4. The third kappa shape index (κ3) is 11.3. The van der Waals surface area contributed by atoms with Crippen LogP contribution in [0.5, 0.6) is 0 Å². The van der Waals surface area contributed by atoms with E-state index >= 15 is 0 Å². The van der Waals surface area contributed by atoms with Crippen molar-refractivity contribution in [2.75, 3.05) is 0 Å². The first kappa shape index (κ1) is 36.4. The zero-order valence-corrected chi connectivity index (χ0v) is 30.7. The van der Waals surface area contributed by atoms with Gasteiger partial charge in [0.1, 0.15) is 0 Å². The average Bonchev–Trinajstić information content (AvgIpc) is 3.74. The second-order valence-electron chi connectivity index (χ2n) is 12.8. The number of rotatable bonds is 0. The van der Waals surface area contributed by atoms with Gasteiger partial charge in [-0.2, -0.15) is 65.7 Å². The average molecular weight is 686 g/mol. The summed E-state index contributed by atoms with van der Waals surface area (Å²) in [5.41, 5.74) is 8.76. The van der Waals surface area contributed by atoms with Gasteiger partial charge >= 0.3 is 28.4 Å². The van der Waals surface area contributed by atoms with Crippen molar-refractivity contribution in [2.24, 2.45) is 0 Å². The smallest absolute Gasteiger partial charge is 0.0801 e. The van der Waals surface area contributed by atoms with E-state index in [0.29, 0.717) is 0 Å². The maximum absolute atomic E-state index is 5.52. The van der Waals surface area contributed by atoms with Crippen LogP contribution in [0.2, 0.25) is 5.02 Å². The summed E-state index contributed by atoms with van der Waals surface area (Å²) in [6.07, 6.45) is 11.0. The first-order valence-electron chi connectivity index (χ1n) is 15.3. The van der Waals surface area contributed by atoms with Crippen molar-refractivity contribution in [3.05, 3.63) is 167 Å². The van der Waals surface area contributed by atoms with Gasteiger partial charge in [-0.3, -0.25) is 6.08 Å². The Balaban J connectivity index is 0.000000189. The summed E-state index contributed by atoms with van der Waals surface area (Å²) in [6, 6.07) is 42.5. The van der Waals surface area contributed by atoms with Crippen LogP contribution in [0.4, 0.5) is 0 Å². The van der Waals surface area contributed by atoms with Gasteiger partial charge in [0.2, 0.25) is 0 Å². The summed E-state index contributed by atoms with van der Waals surface area (Å²) in [4.78, 5) is 0. The molecule has 0 fully saturated rings. The molecule has 45 heavy (non-hydrogen) atoms. The fraction of sp³-hybridized carbons (Fsp3) is 0.233. The molecule has 0 amide bonds. The van der Waals surface area contributed by atoms with Crippen molar-refractivity contribution in [2.45, 2.75) is 65.2 Å². The normalized spacial score (nSPS) is 12.1. The summed E-state index contributed by atoms with van der Waals surface area (Å²) >= 11 is 6.82. The standard InChI is InChI=1S/C21H25.C10H7.C6H4Cl.C5H5.CH2.Zr/c1-20(2,3)16-9-7-14-11-15-8-10-17(21(4,5)6)13-19(15)18(14)12-16;1-2-6-10-8-4-3-7-9(10)5-1;7-6-4-2-1-3-5-6;1-2-4-5-3-1;;/h7,9-10,12-13H,11H2,1-6H3;1-7H;2-5H;1-3H,4H2;1H2;/q4*-1;;. The van der Waals surface area contributed by atoms with Crippen molar-refractivity contribution < 1.29 is 24.2 Å². The second-order valence-corrected chi connectivity index (χ2v) is 13.2. The number of benzene rings is 5. The van der Waals surface area contributed by atoms with Crippen LogP contribution >= 0.6 is 11.6 Å². The fourth-order valence-electron chi connectivity index (χ4n) is 4.76. The van der Waals surface area contributed by atoms with Crippen molar-refractivity contribution in [1.29, 1.82) is 0 Å². The van der Waals surface area contributed by atoms with Crippen molar-refractivity contribution in [1.82, 2.24) is 0 Å². The van der Waals surface area contributed by atoms with Crippen LogP contribution in [-0.4, -0.2) is 4.21 Å². The van der Waals surface area contributed by atoms with Gasteiger partial charge < -0.3 is 0 Å². The van der Waals surface area contributed by atoms with Gasteiger partial charge in [0, 0.05) is 0 Å².